The summed E-state index contributed by atoms with van der Waals surface area (Å²) in [5, 5.41) is 8.58. The third-order valence-electron chi connectivity index (χ3n) is 1.88. The third kappa shape index (κ3) is 2.70. The first-order chi connectivity index (χ1) is 7.04. The van der Waals surface area contributed by atoms with Crippen LogP contribution >= 0.6 is 0 Å². The second-order valence-electron chi connectivity index (χ2n) is 2.98. The molecule has 5 heteroatoms. The lowest BCUT2D eigenvalue weighted by Crippen LogP contribution is -2.08. The van der Waals surface area contributed by atoms with Gasteiger partial charge < -0.3 is 15.6 Å². The molecule has 0 amide bonds. The van der Waals surface area contributed by atoms with Gasteiger partial charge in [0.1, 0.15) is 0 Å². The Morgan fingerprint density at radius 2 is 2.13 bits per heavy atom. The summed E-state index contributed by atoms with van der Waals surface area (Å²) in [6.07, 6.45) is -0.149. The summed E-state index contributed by atoms with van der Waals surface area (Å²) in [4.78, 5) is 21.7. The number of nitrogen functional groups attached to an aromatic ring is 1. The Labute approximate surface area is 86.5 Å². The number of anilines is 1. The monoisotopic (exact) mass is 209 g/mol. The Morgan fingerprint density at radius 3 is 2.67 bits per heavy atom. The molecule has 0 aromatic heterocycles. The van der Waals surface area contributed by atoms with E-state index in [1.807, 2.05) is 0 Å². The predicted molar refractivity (Wildman–Crippen MR) is 53.5 cm³/mol. The lowest BCUT2D eigenvalue weighted by atomic mass is 10.1. The Hall–Kier alpha value is -2.04. The number of esters is 1. The Bertz CT molecular complexity index is 400. The van der Waals surface area contributed by atoms with Crippen LogP contribution in [0.25, 0.3) is 0 Å². The Balaban J connectivity index is 3.05. The minimum absolute atomic E-state index is 0.149. The lowest BCUT2D eigenvalue weighted by Gasteiger charge is -2.05. The highest BCUT2D eigenvalue weighted by Crippen LogP contribution is 2.15. The van der Waals surface area contributed by atoms with Gasteiger partial charge in [0, 0.05) is 5.69 Å². The van der Waals surface area contributed by atoms with Crippen LogP contribution in [-0.2, 0) is 16.0 Å². The fraction of sp³-hybridized carbons (Fsp3) is 0.200. The van der Waals surface area contributed by atoms with Gasteiger partial charge in [-0.25, -0.2) is 4.79 Å². The predicted octanol–water partition coefficient (Wildman–Crippen LogP) is 0.683. The number of hydrogen-bond acceptors (Lipinski definition) is 4. The molecule has 1 aromatic rings. The summed E-state index contributed by atoms with van der Waals surface area (Å²) in [5.74, 6) is -1.53. The number of benzene rings is 1. The molecule has 1 rings (SSSR count). The first-order valence-corrected chi connectivity index (χ1v) is 4.23. The fourth-order valence-corrected chi connectivity index (χ4v) is 1.17. The highest BCUT2D eigenvalue weighted by Gasteiger charge is 2.11. The summed E-state index contributed by atoms with van der Waals surface area (Å²) in [6, 6.07) is 4.48. The maximum absolute atomic E-state index is 11.2. The van der Waals surface area contributed by atoms with Gasteiger partial charge in [-0.15, -0.1) is 0 Å². The van der Waals surface area contributed by atoms with Crippen LogP contribution in [0.15, 0.2) is 18.2 Å². The molecule has 0 aliphatic carbocycles. The molecule has 3 N–H and O–H groups in total. The summed E-state index contributed by atoms with van der Waals surface area (Å²) >= 11 is 0. The minimum Gasteiger partial charge on any atom is -0.481 e. The van der Waals surface area contributed by atoms with Gasteiger partial charge in [0.25, 0.3) is 0 Å². The molecule has 0 radical (unpaired) electrons. The molecule has 0 heterocycles. The normalized spacial score (nSPS) is 9.67. The van der Waals surface area contributed by atoms with Gasteiger partial charge in [-0.05, 0) is 17.7 Å². The van der Waals surface area contributed by atoms with Crippen LogP contribution in [0, 0.1) is 0 Å². The first kappa shape index (κ1) is 11.0. The van der Waals surface area contributed by atoms with Crippen LogP contribution < -0.4 is 5.73 Å². The zero-order chi connectivity index (χ0) is 11.4. The topological polar surface area (TPSA) is 89.6 Å². The number of methoxy groups -OCH3 is 1. The van der Waals surface area contributed by atoms with E-state index in [1.165, 1.54) is 19.2 Å². The maximum Gasteiger partial charge on any atom is 0.339 e. The van der Waals surface area contributed by atoms with Crippen molar-refractivity contribution in [3.8, 4) is 0 Å². The quantitative estimate of drug-likeness (QED) is 0.564. The molecule has 0 unspecified atom stereocenters. The van der Waals surface area contributed by atoms with Crippen LogP contribution in [0.3, 0.4) is 0 Å². The van der Waals surface area contributed by atoms with Gasteiger partial charge in [0.15, 0.2) is 0 Å². The minimum atomic E-state index is -0.962. The molecule has 0 aliphatic rings. The number of rotatable bonds is 3. The van der Waals surface area contributed by atoms with Crippen molar-refractivity contribution in [2.75, 3.05) is 12.8 Å². The van der Waals surface area contributed by atoms with Crippen molar-refractivity contribution < 1.29 is 19.4 Å². The largest absolute Gasteiger partial charge is 0.481 e. The van der Waals surface area contributed by atoms with Crippen molar-refractivity contribution in [1.82, 2.24) is 0 Å². The molecule has 0 saturated heterocycles. The summed E-state index contributed by atoms with van der Waals surface area (Å²) < 4.78 is 4.51. The lowest BCUT2D eigenvalue weighted by molar-refractivity contribution is -0.136. The zero-order valence-electron chi connectivity index (χ0n) is 8.19. The summed E-state index contributed by atoms with van der Waals surface area (Å²) in [5.41, 5.74) is 6.52. The third-order valence-corrected chi connectivity index (χ3v) is 1.88. The second kappa shape index (κ2) is 4.45. The summed E-state index contributed by atoms with van der Waals surface area (Å²) in [7, 11) is 1.24. The van der Waals surface area contributed by atoms with Crippen LogP contribution in [0.4, 0.5) is 5.69 Å². The average molecular weight is 209 g/mol. The highest BCUT2D eigenvalue weighted by atomic mass is 16.5. The maximum atomic E-state index is 11.2. The molecule has 1 aromatic carbocycles. The first-order valence-electron chi connectivity index (χ1n) is 4.23. The fourth-order valence-electron chi connectivity index (χ4n) is 1.17. The van der Waals surface area contributed by atoms with Gasteiger partial charge in [-0.1, -0.05) is 6.07 Å². The van der Waals surface area contributed by atoms with Gasteiger partial charge in [0.05, 0.1) is 19.1 Å². The molecule has 5 nitrogen and oxygen atoms in total. The van der Waals surface area contributed by atoms with Crippen molar-refractivity contribution in [3.05, 3.63) is 29.3 Å². The number of carboxylic acid groups (broad SMARTS) is 1. The van der Waals surface area contributed by atoms with E-state index in [-0.39, 0.29) is 17.7 Å². The number of carbonyl (C=O) groups is 2. The number of hydrogen-bond donors (Lipinski definition) is 2. The number of carboxylic acids is 1. The van der Waals surface area contributed by atoms with Crippen LogP contribution in [0.2, 0.25) is 0 Å². The zero-order valence-corrected chi connectivity index (χ0v) is 8.19. The molecule has 80 valence electrons. The van der Waals surface area contributed by atoms with Gasteiger partial charge in [-0.3, -0.25) is 4.79 Å². The van der Waals surface area contributed by atoms with E-state index in [1.54, 1.807) is 6.07 Å². The van der Waals surface area contributed by atoms with E-state index in [0.29, 0.717) is 5.56 Å². The van der Waals surface area contributed by atoms with Crippen LogP contribution in [0.5, 0.6) is 0 Å². The molecular formula is C10H11NO4. The van der Waals surface area contributed by atoms with E-state index in [0.717, 1.165) is 0 Å². The van der Waals surface area contributed by atoms with E-state index < -0.39 is 11.9 Å². The number of aliphatic carboxylic acids is 1. The molecule has 0 bridgehead atoms. The van der Waals surface area contributed by atoms with Crippen molar-refractivity contribution in [3.63, 3.8) is 0 Å². The van der Waals surface area contributed by atoms with E-state index in [4.69, 9.17) is 10.8 Å². The number of nitrogens with two attached hydrogens (primary N) is 1. The molecule has 15 heavy (non-hydrogen) atoms. The highest BCUT2D eigenvalue weighted by molar-refractivity contribution is 5.95. The van der Waals surface area contributed by atoms with Crippen LogP contribution in [0.1, 0.15) is 15.9 Å². The molecule has 0 spiro atoms. The van der Waals surface area contributed by atoms with Crippen molar-refractivity contribution in [2.45, 2.75) is 6.42 Å². The van der Waals surface area contributed by atoms with Gasteiger partial charge >= 0.3 is 11.9 Å². The Morgan fingerprint density at radius 1 is 1.47 bits per heavy atom. The number of carbonyl (C=O) groups excluding carboxylic acids is 1. The molecule has 0 saturated carbocycles. The Kier molecular flexibility index (Phi) is 3.28. The SMILES string of the molecule is COC(=O)c1cc(CC(=O)O)ccc1N. The van der Waals surface area contributed by atoms with Crippen LogP contribution in [-0.4, -0.2) is 24.2 Å². The molecule has 0 aliphatic heterocycles. The molecular weight excluding hydrogens is 198 g/mol. The van der Waals surface area contributed by atoms with Crippen molar-refractivity contribution in [1.29, 1.82) is 0 Å². The smallest absolute Gasteiger partial charge is 0.339 e. The second-order valence-corrected chi connectivity index (χ2v) is 2.98. The molecule has 0 fully saturated rings. The van der Waals surface area contributed by atoms with E-state index in [9.17, 15) is 9.59 Å². The number of ether oxygens (including phenoxy) is 1. The van der Waals surface area contributed by atoms with Gasteiger partial charge in [-0.2, -0.15) is 0 Å². The van der Waals surface area contributed by atoms with Gasteiger partial charge in [0.2, 0.25) is 0 Å². The van der Waals surface area contributed by atoms with E-state index in [2.05, 4.69) is 4.74 Å². The van der Waals surface area contributed by atoms with E-state index >= 15 is 0 Å². The van der Waals surface area contributed by atoms with Crippen molar-refractivity contribution in [2.24, 2.45) is 0 Å². The summed E-state index contributed by atoms with van der Waals surface area (Å²) in [6.45, 7) is 0. The van der Waals surface area contributed by atoms with Crippen molar-refractivity contribution >= 4 is 17.6 Å². The average Bonchev–Trinajstić information content (AvgIpc) is 2.19. The molecule has 0 atom stereocenters. The standard InChI is InChI=1S/C10H11NO4/c1-15-10(14)7-4-6(5-9(12)13)2-3-8(7)11/h2-4H,5,11H2,1H3,(H,12,13).